The zero-order valence-electron chi connectivity index (χ0n) is 19.6. The van der Waals surface area contributed by atoms with Gasteiger partial charge in [-0.15, -0.1) is 0 Å². The summed E-state index contributed by atoms with van der Waals surface area (Å²) in [6.45, 7) is 0.354. The van der Waals surface area contributed by atoms with Crippen LogP contribution in [0.15, 0.2) is 53.0 Å². The van der Waals surface area contributed by atoms with E-state index in [1.807, 2.05) is 12.1 Å². The number of carbonyl (C=O) groups is 2. The van der Waals surface area contributed by atoms with Gasteiger partial charge >= 0.3 is 6.18 Å². The van der Waals surface area contributed by atoms with Gasteiger partial charge in [-0.05, 0) is 73.4 Å². The monoisotopic (exact) mass is 567 g/mol. The number of hydrogen-bond acceptors (Lipinski definition) is 4. The Morgan fingerprint density at radius 1 is 1.08 bits per heavy atom. The van der Waals surface area contributed by atoms with Gasteiger partial charge < -0.3 is 21.1 Å². The second-order valence-corrected chi connectivity index (χ2v) is 10.5. The van der Waals surface area contributed by atoms with Crippen LogP contribution in [0.1, 0.15) is 53.1 Å². The predicted octanol–water partition coefficient (Wildman–Crippen LogP) is 3.99. The Morgan fingerprint density at radius 2 is 1.81 bits per heavy atom. The Kier molecular flexibility index (Phi) is 8.06. The molecule has 0 aromatic heterocycles. The lowest BCUT2D eigenvalue weighted by Gasteiger charge is -2.43. The summed E-state index contributed by atoms with van der Waals surface area (Å²) in [4.78, 5) is 25.2. The quantitative estimate of drug-likeness (QED) is 0.425. The average Bonchev–Trinajstić information content (AvgIpc) is 3.22. The fourth-order valence-electron chi connectivity index (χ4n) is 5.47. The fourth-order valence-corrected chi connectivity index (χ4v) is 5.88. The maximum Gasteiger partial charge on any atom is 0.416 e. The minimum atomic E-state index is -4.57. The zero-order chi connectivity index (χ0) is 25.9. The normalized spacial score (nSPS) is 26.4. The number of carbonyl (C=O) groups excluding carboxylic acids is 2. The van der Waals surface area contributed by atoms with Gasteiger partial charge in [0.1, 0.15) is 0 Å². The number of amides is 2. The van der Waals surface area contributed by atoms with Gasteiger partial charge in [0.05, 0.1) is 23.8 Å². The molecule has 1 saturated heterocycles. The third-order valence-corrected chi connectivity index (χ3v) is 7.85. The molecule has 0 bridgehead atoms. The first kappa shape index (κ1) is 26.6. The summed E-state index contributed by atoms with van der Waals surface area (Å²) < 4.78 is 39.9. The van der Waals surface area contributed by atoms with Crippen molar-refractivity contribution in [1.29, 1.82) is 0 Å². The van der Waals surface area contributed by atoms with Crippen molar-refractivity contribution < 1.29 is 27.9 Å². The molecule has 6 nitrogen and oxygen atoms in total. The van der Waals surface area contributed by atoms with Crippen molar-refractivity contribution in [2.24, 2.45) is 5.92 Å². The SMILES string of the molecule is O=C(CNC(=O)c1cccc(C(F)(F)F)c1)N[C@@]1(C2CCC(c3cccc(Br)c3)CC2)CNC[C@@H]1O. The van der Waals surface area contributed by atoms with Crippen LogP contribution in [0.4, 0.5) is 13.2 Å². The molecule has 4 rings (SSSR count). The summed E-state index contributed by atoms with van der Waals surface area (Å²) >= 11 is 3.52. The molecule has 2 atom stereocenters. The Balaban J connectivity index is 1.37. The topological polar surface area (TPSA) is 90.5 Å². The summed E-state index contributed by atoms with van der Waals surface area (Å²) in [5, 5.41) is 19.4. The van der Waals surface area contributed by atoms with E-state index in [0.29, 0.717) is 19.0 Å². The molecule has 0 spiro atoms. The second kappa shape index (κ2) is 10.9. The lowest BCUT2D eigenvalue weighted by Crippen LogP contribution is -2.63. The van der Waals surface area contributed by atoms with Gasteiger partial charge in [-0.3, -0.25) is 9.59 Å². The molecule has 2 aromatic rings. The van der Waals surface area contributed by atoms with E-state index in [0.717, 1.165) is 48.4 Å². The van der Waals surface area contributed by atoms with Gasteiger partial charge in [-0.1, -0.05) is 34.1 Å². The van der Waals surface area contributed by atoms with Crippen LogP contribution < -0.4 is 16.0 Å². The highest BCUT2D eigenvalue weighted by atomic mass is 79.9. The van der Waals surface area contributed by atoms with Crippen molar-refractivity contribution in [3.05, 3.63) is 69.7 Å². The number of aliphatic hydroxyl groups is 1. The summed E-state index contributed by atoms with van der Waals surface area (Å²) in [5.41, 5.74) is -0.707. The molecule has 1 aliphatic heterocycles. The number of nitrogens with one attached hydrogen (secondary N) is 3. The van der Waals surface area contributed by atoms with E-state index < -0.39 is 41.7 Å². The maximum absolute atomic E-state index is 12.9. The minimum absolute atomic E-state index is 0.0500. The van der Waals surface area contributed by atoms with Crippen molar-refractivity contribution in [2.75, 3.05) is 19.6 Å². The predicted molar refractivity (Wildman–Crippen MR) is 132 cm³/mol. The molecular formula is C26H29BrF3N3O3. The van der Waals surface area contributed by atoms with E-state index in [-0.39, 0.29) is 11.5 Å². The summed E-state index contributed by atoms with van der Waals surface area (Å²) in [6, 6.07) is 12.3. The molecule has 1 heterocycles. The fraction of sp³-hybridized carbons (Fsp3) is 0.462. The van der Waals surface area contributed by atoms with Gasteiger partial charge in [0.15, 0.2) is 0 Å². The molecule has 194 valence electrons. The summed E-state index contributed by atoms with van der Waals surface area (Å²) in [5.74, 6) is -0.809. The number of rotatable bonds is 6. The molecule has 2 aromatic carbocycles. The molecule has 2 fully saturated rings. The number of hydrogen-bond donors (Lipinski definition) is 4. The molecule has 36 heavy (non-hydrogen) atoms. The number of benzene rings is 2. The summed E-state index contributed by atoms with van der Waals surface area (Å²) in [6.07, 6.45) is -1.84. The van der Waals surface area contributed by atoms with Gasteiger partial charge in [-0.2, -0.15) is 13.2 Å². The lowest BCUT2D eigenvalue weighted by atomic mass is 9.69. The second-order valence-electron chi connectivity index (χ2n) is 9.60. The van der Waals surface area contributed by atoms with Crippen molar-refractivity contribution in [1.82, 2.24) is 16.0 Å². The van der Waals surface area contributed by atoms with Crippen molar-refractivity contribution >= 4 is 27.7 Å². The highest BCUT2D eigenvalue weighted by molar-refractivity contribution is 9.10. The molecule has 2 aliphatic rings. The molecule has 4 N–H and O–H groups in total. The lowest BCUT2D eigenvalue weighted by molar-refractivity contribution is -0.137. The third-order valence-electron chi connectivity index (χ3n) is 7.36. The number of alkyl halides is 3. The third kappa shape index (κ3) is 5.92. The molecule has 1 saturated carbocycles. The number of β-amino-alcohol motifs (C(OH)–C–C–N with tert-alkyl or cyclic N) is 1. The van der Waals surface area contributed by atoms with Crippen LogP contribution in [-0.2, 0) is 11.0 Å². The van der Waals surface area contributed by atoms with E-state index in [9.17, 15) is 27.9 Å². The van der Waals surface area contributed by atoms with Gasteiger partial charge in [-0.25, -0.2) is 0 Å². The zero-order valence-corrected chi connectivity index (χ0v) is 21.2. The van der Waals surface area contributed by atoms with Gasteiger partial charge in [0.2, 0.25) is 5.91 Å². The van der Waals surface area contributed by atoms with E-state index in [4.69, 9.17) is 0 Å². The Morgan fingerprint density at radius 3 is 2.44 bits per heavy atom. The smallest absolute Gasteiger partial charge is 0.389 e. The van der Waals surface area contributed by atoms with Gasteiger partial charge in [0, 0.05) is 23.1 Å². The highest BCUT2D eigenvalue weighted by Gasteiger charge is 2.50. The largest absolute Gasteiger partial charge is 0.416 e. The van der Waals surface area contributed by atoms with E-state index >= 15 is 0 Å². The van der Waals surface area contributed by atoms with Crippen LogP contribution in [-0.4, -0.2) is 48.2 Å². The molecule has 0 radical (unpaired) electrons. The van der Waals surface area contributed by atoms with Crippen molar-refractivity contribution in [3.63, 3.8) is 0 Å². The number of halogens is 4. The van der Waals surface area contributed by atoms with Crippen LogP contribution in [0.3, 0.4) is 0 Å². The Labute approximate surface area is 216 Å². The van der Waals surface area contributed by atoms with Crippen LogP contribution in [0, 0.1) is 5.92 Å². The van der Waals surface area contributed by atoms with E-state index in [1.54, 1.807) is 0 Å². The highest BCUT2D eigenvalue weighted by Crippen LogP contribution is 2.42. The van der Waals surface area contributed by atoms with Crippen LogP contribution in [0.2, 0.25) is 0 Å². The van der Waals surface area contributed by atoms with E-state index in [1.165, 1.54) is 11.6 Å². The molecule has 1 aliphatic carbocycles. The maximum atomic E-state index is 12.9. The van der Waals surface area contributed by atoms with Crippen LogP contribution >= 0.6 is 15.9 Å². The van der Waals surface area contributed by atoms with Crippen LogP contribution in [0.5, 0.6) is 0 Å². The van der Waals surface area contributed by atoms with Crippen LogP contribution in [0.25, 0.3) is 0 Å². The Bertz CT molecular complexity index is 1110. The first-order valence-corrected chi connectivity index (χ1v) is 12.8. The van der Waals surface area contributed by atoms with Crippen molar-refractivity contribution in [2.45, 2.75) is 49.4 Å². The first-order valence-electron chi connectivity index (χ1n) is 12.0. The van der Waals surface area contributed by atoms with E-state index in [2.05, 4.69) is 44.0 Å². The molecule has 2 amide bonds. The van der Waals surface area contributed by atoms with Crippen molar-refractivity contribution in [3.8, 4) is 0 Å². The average molecular weight is 568 g/mol. The molecule has 0 unspecified atom stereocenters. The molecule has 10 heteroatoms. The Hall–Kier alpha value is -2.43. The summed E-state index contributed by atoms with van der Waals surface area (Å²) in [7, 11) is 0. The molecular weight excluding hydrogens is 539 g/mol. The van der Waals surface area contributed by atoms with Gasteiger partial charge in [0.25, 0.3) is 5.91 Å². The number of aliphatic hydroxyl groups excluding tert-OH is 1. The minimum Gasteiger partial charge on any atom is -0.389 e. The first-order chi connectivity index (χ1) is 17.1. The standard InChI is InChI=1S/C26H29BrF3N3O3/c27-21-6-2-3-17(12-21)16-7-9-19(10-8-16)25(15-31-13-22(25)34)33-23(35)14-32-24(36)18-4-1-5-20(11-18)26(28,29)30/h1-6,11-12,16,19,22,31,34H,7-10,13-15H2,(H,32,36)(H,33,35)/t16?,19?,22-,25+/m0/s1.